The van der Waals surface area contributed by atoms with Crippen LogP contribution in [0, 0.1) is 0 Å². The first-order valence-corrected chi connectivity index (χ1v) is 6.75. The van der Waals surface area contributed by atoms with E-state index >= 15 is 0 Å². The van der Waals surface area contributed by atoms with Gasteiger partial charge in [0.05, 0.1) is 24.6 Å². The van der Waals surface area contributed by atoms with Gasteiger partial charge in [-0.15, -0.1) is 11.6 Å². The van der Waals surface area contributed by atoms with E-state index in [2.05, 4.69) is 30.3 Å². The van der Waals surface area contributed by atoms with Crippen molar-refractivity contribution in [3.05, 3.63) is 17.5 Å². The van der Waals surface area contributed by atoms with Crippen LogP contribution >= 0.6 is 11.6 Å². The van der Waals surface area contributed by atoms with Gasteiger partial charge in [0.2, 0.25) is 0 Å². The fourth-order valence-electron chi connectivity index (χ4n) is 1.62. The largest absolute Gasteiger partial charge is 0.379 e. The molecular weight excluding hydrogens is 238 g/mol. The Kier molecular flexibility index (Phi) is 7.24. The average Bonchev–Trinajstić information content (AvgIpc) is 2.76. The smallest absolute Gasteiger partial charge is 0.0625 e. The second kappa shape index (κ2) is 8.50. The Morgan fingerprint density at radius 2 is 2.24 bits per heavy atom. The first kappa shape index (κ1) is 14.5. The van der Waals surface area contributed by atoms with Crippen molar-refractivity contribution in [1.82, 2.24) is 15.1 Å². The van der Waals surface area contributed by atoms with Crippen LogP contribution in [0.1, 0.15) is 25.2 Å². The van der Waals surface area contributed by atoms with Gasteiger partial charge in [0.1, 0.15) is 0 Å². The van der Waals surface area contributed by atoms with Crippen LogP contribution in [0.15, 0.2) is 6.07 Å². The zero-order chi connectivity index (χ0) is 12.5. The Labute approximate surface area is 108 Å². The molecule has 0 aliphatic heterocycles. The van der Waals surface area contributed by atoms with Crippen LogP contribution in [0.3, 0.4) is 0 Å². The zero-order valence-corrected chi connectivity index (χ0v) is 11.5. The van der Waals surface area contributed by atoms with Crippen LogP contribution in [0.5, 0.6) is 0 Å². The summed E-state index contributed by atoms with van der Waals surface area (Å²) in [5.41, 5.74) is 2.39. The molecular formula is C12H22ClN3O. The van der Waals surface area contributed by atoms with E-state index in [4.69, 9.17) is 16.3 Å². The summed E-state index contributed by atoms with van der Waals surface area (Å²) in [6.45, 7) is 8.15. The normalized spacial score (nSPS) is 11.0. The number of nitrogens with zero attached hydrogens (tertiary/aromatic N) is 2. The molecule has 1 rings (SSSR count). The number of alkyl halides is 1. The van der Waals surface area contributed by atoms with Crippen LogP contribution in [0.4, 0.5) is 0 Å². The fourth-order valence-corrected chi connectivity index (χ4v) is 1.73. The molecule has 1 heterocycles. The first-order valence-electron chi connectivity index (χ1n) is 6.21. The topological polar surface area (TPSA) is 39.1 Å². The number of aromatic nitrogens is 2. The van der Waals surface area contributed by atoms with Crippen molar-refractivity contribution in [1.29, 1.82) is 0 Å². The molecule has 1 aromatic rings. The van der Waals surface area contributed by atoms with Gasteiger partial charge in [-0.2, -0.15) is 5.10 Å². The molecule has 0 saturated carbocycles. The van der Waals surface area contributed by atoms with E-state index < -0.39 is 0 Å². The molecule has 0 unspecified atom stereocenters. The quantitative estimate of drug-likeness (QED) is 0.543. The molecule has 0 spiro atoms. The minimum Gasteiger partial charge on any atom is -0.379 e. The summed E-state index contributed by atoms with van der Waals surface area (Å²) in [5, 5.41) is 7.85. The summed E-state index contributed by atoms with van der Waals surface area (Å²) in [7, 11) is 0. The first-order chi connectivity index (χ1) is 8.31. The number of aryl methyl sites for hydroxylation is 2. The molecule has 5 heteroatoms. The van der Waals surface area contributed by atoms with Gasteiger partial charge >= 0.3 is 0 Å². The molecule has 0 bridgehead atoms. The maximum Gasteiger partial charge on any atom is 0.0625 e. The molecule has 4 nitrogen and oxygen atoms in total. The summed E-state index contributed by atoms with van der Waals surface area (Å²) in [6.07, 6.45) is 0.985. The van der Waals surface area contributed by atoms with Gasteiger partial charge in [0.25, 0.3) is 0 Å². The minimum absolute atomic E-state index is 0.558. The molecule has 1 aromatic heterocycles. The number of hydrogen-bond donors (Lipinski definition) is 1. The Bertz CT molecular complexity index is 315. The number of hydrogen-bond acceptors (Lipinski definition) is 3. The third kappa shape index (κ3) is 5.06. The van der Waals surface area contributed by atoms with Crippen LogP contribution in [-0.2, 0) is 24.2 Å². The predicted octanol–water partition coefficient (Wildman–Crippen LogP) is 1.81. The van der Waals surface area contributed by atoms with Gasteiger partial charge in [0.15, 0.2) is 0 Å². The summed E-state index contributed by atoms with van der Waals surface area (Å²) >= 11 is 5.51. The maximum absolute atomic E-state index is 5.51. The SMILES string of the molecule is CCc1cc(CNCCOCCCl)n(CC)n1. The number of ether oxygens (including phenoxy) is 1. The summed E-state index contributed by atoms with van der Waals surface area (Å²) < 4.78 is 7.33. The molecule has 0 aliphatic rings. The fraction of sp³-hybridized carbons (Fsp3) is 0.750. The van der Waals surface area contributed by atoms with Gasteiger partial charge < -0.3 is 10.1 Å². The highest BCUT2D eigenvalue weighted by molar-refractivity contribution is 6.17. The molecule has 0 atom stereocenters. The lowest BCUT2D eigenvalue weighted by molar-refractivity contribution is 0.150. The van der Waals surface area contributed by atoms with Gasteiger partial charge in [-0.25, -0.2) is 0 Å². The van der Waals surface area contributed by atoms with Crippen LogP contribution in [0.25, 0.3) is 0 Å². The third-order valence-corrected chi connectivity index (χ3v) is 2.68. The molecule has 0 aromatic carbocycles. The molecule has 0 saturated heterocycles. The highest BCUT2D eigenvalue weighted by atomic mass is 35.5. The van der Waals surface area contributed by atoms with Crippen molar-refractivity contribution in [3.8, 4) is 0 Å². The number of nitrogens with one attached hydrogen (secondary N) is 1. The highest BCUT2D eigenvalue weighted by Gasteiger charge is 2.04. The molecule has 1 N–H and O–H groups in total. The van der Waals surface area contributed by atoms with E-state index in [1.165, 1.54) is 5.69 Å². The van der Waals surface area contributed by atoms with Crippen LogP contribution in [-0.4, -0.2) is 35.4 Å². The highest BCUT2D eigenvalue weighted by Crippen LogP contribution is 2.05. The Hall–Kier alpha value is -0.580. The maximum atomic E-state index is 5.51. The van der Waals surface area contributed by atoms with Crippen molar-refractivity contribution in [2.75, 3.05) is 25.6 Å². The standard InChI is InChI=1S/C12H22ClN3O/c1-3-11-9-12(16(4-2)15-11)10-14-6-8-17-7-5-13/h9,14H,3-8,10H2,1-2H3. The van der Waals surface area contributed by atoms with Crippen molar-refractivity contribution >= 4 is 11.6 Å². The van der Waals surface area contributed by atoms with Gasteiger partial charge in [-0.3, -0.25) is 4.68 Å². The van der Waals surface area contributed by atoms with E-state index in [1.54, 1.807) is 0 Å². The molecule has 0 amide bonds. The van der Waals surface area contributed by atoms with E-state index in [1.807, 2.05) is 4.68 Å². The lowest BCUT2D eigenvalue weighted by Crippen LogP contribution is -2.21. The van der Waals surface area contributed by atoms with Crippen molar-refractivity contribution in [3.63, 3.8) is 0 Å². The predicted molar refractivity (Wildman–Crippen MR) is 70.5 cm³/mol. The minimum atomic E-state index is 0.558. The Balaban J connectivity index is 2.28. The monoisotopic (exact) mass is 259 g/mol. The Morgan fingerprint density at radius 1 is 1.41 bits per heavy atom. The lowest BCUT2D eigenvalue weighted by atomic mass is 10.3. The lowest BCUT2D eigenvalue weighted by Gasteiger charge is -2.06. The van der Waals surface area contributed by atoms with E-state index in [9.17, 15) is 0 Å². The molecule has 98 valence electrons. The zero-order valence-electron chi connectivity index (χ0n) is 10.7. The molecule has 0 fully saturated rings. The summed E-state index contributed by atoms with van der Waals surface area (Å²) in [5.74, 6) is 0.558. The Morgan fingerprint density at radius 3 is 2.88 bits per heavy atom. The average molecular weight is 260 g/mol. The number of halogens is 1. The van der Waals surface area contributed by atoms with Crippen molar-refractivity contribution in [2.24, 2.45) is 0 Å². The van der Waals surface area contributed by atoms with E-state index in [-0.39, 0.29) is 0 Å². The molecule has 17 heavy (non-hydrogen) atoms. The summed E-state index contributed by atoms with van der Waals surface area (Å²) in [6, 6.07) is 2.16. The van der Waals surface area contributed by atoms with Crippen molar-refractivity contribution in [2.45, 2.75) is 33.4 Å². The third-order valence-electron chi connectivity index (χ3n) is 2.53. The summed E-state index contributed by atoms with van der Waals surface area (Å²) in [4.78, 5) is 0. The molecule has 0 aliphatic carbocycles. The molecule has 0 radical (unpaired) electrons. The van der Waals surface area contributed by atoms with Gasteiger partial charge in [0, 0.05) is 25.5 Å². The second-order valence-corrected chi connectivity index (χ2v) is 4.15. The van der Waals surface area contributed by atoms with E-state index in [0.717, 1.165) is 31.7 Å². The van der Waals surface area contributed by atoms with Crippen LogP contribution in [0.2, 0.25) is 0 Å². The van der Waals surface area contributed by atoms with E-state index in [0.29, 0.717) is 19.1 Å². The number of rotatable bonds is 9. The van der Waals surface area contributed by atoms with Crippen molar-refractivity contribution < 1.29 is 4.74 Å². The van der Waals surface area contributed by atoms with Crippen LogP contribution < -0.4 is 5.32 Å². The van der Waals surface area contributed by atoms with Gasteiger partial charge in [-0.05, 0) is 19.4 Å². The van der Waals surface area contributed by atoms with Gasteiger partial charge in [-0.1, -0.05) is 6.92 Å². The second-order valence-electron chi connectivity index (χ2n) is 3.77.